The first kappa shape index (κ1) is 22.4. The molecule has 0 N–H and O–H groups in total. The fraction of sp³-hybridized carbons (Fsp3) is 0.692. The monoisotopic (exact) mass is 406 g/mol. The first-order valence-electron chi connectivity index (χ1n) is 11.8. The summed E-state index contributed by atoms with van der Waals surface area (Å²) in [6.07, 6.45) is 20.7. The van der Waals surface area contributed by atoms with Crippen LogP contribution in [0, 0.1) is 41.1 Å². The van der Waals surface area contributed by atoms with E-state index in [1.165, 1.54) is 70.6 Å². The molecule has 0 aromatic heterocycles. The van der Waals surface area contributed by atoms with Gasteiger partial charge in [0.2, 0.25) is 0 Å². The van der Waals surface area contributed by atoms with Crippen LogP contribution in [0.2, 0.25) is 0 Å². The number of halogens is 3. The number of hydrogen-bond donors (Lipinski definition) is 0. The zero-order chi connectivity index (χ0) is 20.6. The Hall–Kier alpha value is -1.25. The summed E-state index contributed by atoms with van der Waals surface area (Å²) in [5.74, 6) is -0.174. The Bertz CT molecular complexity index is 627. The lowest BCUT2D eigenvalue weighted by Crippen LogP contribution is -2.26. The minimum absolute atomic E-state index is 0.579. The van der Waals surface area contributed by atoms with E-state index in [9.17, 15) is 13.2 Å². The molecule has 0 atom stereocenters. The van der Waals surface area contributed by atoms with Gasteiger partial charge < -0.3 is 0 Å². The van der Waals surface area contributed by atoms with Crippen molar-refractivity contribution in [3.05, 3.63) is 47.3 Å². The van der Waals surface area contributed by atoms with Crippen molar-refractivity contribution in [2.24, 2.45) is 23.7 Å². The maximum Gasteiger partial charge on any atom is 0.194 e. The summed E-state index contributed by atoms with van der Waals surface area (Å²) in [6, 6.07) is 2.31. The molecule has 0 unspecified atom stereocenters. The van der Waals surface area contributed by atoms with E-state index in [-0.39, 0.29) is 0 Å². The summed E-state index contributed by atoms with van der Waals surface area (Å²) in [7, 11) is 0. The fourth-order valence-electron chi connectivity index (χ4n) is 5.54. The standard InChI is InChI=1S/C26H37F3/c1-2-3-4-5-6-19-9-13-22(14-10-19)23-15-11-20(12-16-23)7-8-21-17-24(27)26(29)25(28)18-21/h4-5,17-20,22-23H,2-3,6-16H2,1H3/b5-4+. The van der Waals surface area contributed by atoms with Gasteiger partial charge in [-0.05, 0) is 106 Å². The molecule has 2 aliphatic carbocycles. The molecule has 3 heteroatoms. The summed E-state index contributed by atoms with van der Waals surface area (Å²) in [6.45, 7) is 2.23. The lowest BCUT2D eigenvalue weighted by molar-refractivity contribution is 0.144. The molecule has 0 heterocycles. The fourth-order valence-corrected chi connectivity index (χ4v) is 5.54. The van der Waals surface area contributed by atoms with Crippen molar-refractivity contribution in [3.63, 3.8) is 0 Å². The summed E-state index contributed by atoms with van der Waals surface area (Å²) in [5.41, 5.74) is 0.579. The van der Waals surface area contributed by atoms with Crippen LogP contribution in [0.25, 0.3) is 0 Å². The molecule has 3 rings (SSSR count). The van der Waals surface area contributed by atoms with Gasteiger partial charge in [-0.2, -0.15) is 0 Å². The van der Waals surface area contributed by atoms with Crippen molar-refractivity contribution in [2.45, 2.75) is 90.4 Å². The van der Waals surface area contributed by atoms with Crippen molar-refractivity contribution in [3.8, 4) is 0 Å². The molecule has 0 radical (unpaired) electrons. The average molecular weight is 407 g/mol. The van der Waals surface area contributed by atoms with Gasteiger partial charge in [0.25, 0.3) is 0 Å². The average Bonchev–Trinajstić information content (AvgIpc) is 2.74. The number of rotatable bonds is 8. The minimum atomic E-state index is -1.36. The number of aryl methyl sites for hydroxylation is 1. The maximum absolute atomic E-state index is 13.4. The van der Waals surface area contributed by atoms with E-state index in [4.69, 9.17) is 0 Å². The van der Waals surface area contributed by atoms with E-state index in [1.807, 2.05) is 0 Å². The Labute approximate surface area is 175 Å². The second-order valence-electron chi connectivity index (χ2n) is 9.47. The lowest BCUT2D eigenvalue weighted by Gasteiger charge is -2.37. The van der Waals surface area contributed by atoms with Crippen molar-refractivity contribution >= 4 is 0 Å². The molecule has 2 fully saturated rings. The predicted molar refractivity (Wildman–Crippen MR) is 114 cm³/mol. The molecule has 1 aromatic rings. The molecule has 162 valence electrons. The van der Waals surface area contributed by atoms with Gasteiger partial charge in [-0.25, -0.2) is 13.2 Å². The van der Waals surface area contributed by atoms with E-state index in [1.54, 1.807) is 0 Å². The second kappa shape index (κ2) is 11.2. The van der Waals surface area contributed by atoms with E-state index >= 15 is 0 Å². The van der Waals surface area contributed by atoms with Crippen LogP contribution in [-0.2, 0) is 6.42 Å². The van der Waals surface area contributed by atoms with Gasteiger partial charge in [0.15, 0.2) is 17.5 Å². The minimum Gasteiger partial charge on any atom is -0.204 e. The highest BCUT2D eigenvalue weighted by atomic mass is 19.2. The Morgan fingerprint density at radius 2 is 1.34 bits per heavy atom. The molecule has 29 heavy (non-hydrogen) atoms. The van der Waals surface area contributed by atoms with Crippen molar-refractivity contribution in [1.29, 1.82) is 0 Å². The lowest BCUT2D eigenvalue weighted by atomic mass is 9.68. The Morgan fingerprint density at radius 1 is 0.793 bits per heavy atom. The third-order valence-electron chi connectivity index (χ3n) is 7.43. The van der Waals surface area contributed by atoms with Crippen LogP contribution in [0.15, 0.2) is 24.3 Å². The van der Waals surface area contributed by atoms with Gasteiger partial charge >= 0.3 is 0 Å². The van der Waals surface area contributed by atoms with E-state index in [2.05, 4.69) is 19.1 Å². The maximum atomic E-state index is 13.4. The zero-order valence-corrected chi connectivity index (χ0v) is 17.9. The van der Waals surface area contributed by atoms with Gasteiger partial charge in [0.1, 0.15) is 0 Å². The SMILES string of the molecule is CCC/C=C/CC1CCC(C2CCC(CCc3cc(F)c(F)c(F)c3)CC2)CC1. The molecule has 1 aromatic carbocycles. The normalized spacial score (nSPS) is 28.1. The van der Waals surface area contributed by atoms with Gasteiger partial charge in [-0.1, -0.05) is 38.3 Å². The van der Waals surface area contributed by atoms with Crippen LogP contribution in [0.4, 0.5) is 13.2 Å². The van der Waals surface area contributed by atoms with E-state index < -0.39 is 17.5 Å². The molecular formula is C26H37F3. The number of allylic oxidation sites excluding steroid dienone is 2. The molecule has 2 aliphatic rings. The van der Waals surface area contributed by atoms with Crippen molar-refractivity contribution in [2.75, 3.05) is 0 Å². The van der Waals surface area contributed by atoms with Crippen LogP contribution in [0.1, 0.15) is 89.5 Å². The number of unbranched alkanes of at least 4 members (excludes halogenated alkanes) is 1. The van der Waals surface area contributed by atoms with Crippen molar-refractivity contribution < 1.29 is 13.2 Å². The van der Waals surface area contributed by atoms with Crippen LogP contribution < -0.4 is 0 Å². The number of hydrogen-bond acceptors (Lipinski definition) is 0. The second-order valence-corrected chi connectivity index (χ2v) is 9.47. The van der Waals surface area contributed by atoms with E-state index in [0.29, 0.717) is 17.9 Å². The third-order valence-corrected chi connectivity index (χ3v) is 7.43. The topological polar surface area (TPSA) is 0 Å². The van der Waals surface area contributed by atoms with Crippen molar-refractivity contribution in [1.82, 2.24) is 0 Å². The Kier molecular flexibility index (Phi) is 8.68. The number of benzene rings is 1. The summed E-state index contributed by atoms with van der Waals surface area (Å²) in [4.78, 5) is 0. The predicted octanol–water partition coefficient (Wildman–Crippen LogP) is 8.40. The van der Waals surface area contributed by atoms with Gasteiger partial charge in [-0.3, -0.25) is 0 Å². The van der Waals surface area contributed by atoms with E-state index in [0.717, 1.165) is 36.3 Å². The quantitative estimate of drug-likeness (QED) is 0.300. The summed E-state index contributed by atoms with van der Waals surface area (Å²) in [5, 5.41) is 0. The Balaban J connectivity index is 1.36. The van der Waals surface area contributed by atoms with Gasteiger partial charge in [-0.15, -0.1) is 0 Å². The molecule has 0 nitrogen and oxygen atoms in total. The third kappa shape index (κ3) is 6.62. The molecule has 0 amide bonds. The first-order chi connectivity index (χ1) is 14.1. The first-order valence-corrected chi connectivity index (χ1v) is 11.8. The van der Waals surface area contributed by atoms with Crippen LogP contribution in [-0.4, -0.2) is 0 Å². The van der Waals surface area contributed by atoms with Crippen LogP contribution in [0.5, 0.6) is 0 Å². The zero-order valence-electron chi connectivity index (χ0n) is 17.9. The molecule has 2 saturated carbocycles. The molecular weight excluding hydrogens is 369 g/mol. The molecule has 0 saturated heterocycles. The van der Waals surface area contributed by atoms with Gasteiger partial charge in [0.05, 0.1) is 0 Å². The highest BCUT2D eigenvalue weighted by Gasteiger charge is 2.30. The van der Waals surface area contributed by atoms with Gasteiger partial charge in [0, 0.05) is 0 Å². The molecule has 0 bridgehead atoms. The largest absolute Gasteiger partial charge is 0.204 e. The molecule has 0 spiro atoms. The highest BCUT2D eigenvalue weighted by molar-refractivity contribution is 5.19. The summed E-state index contributed by atoms with van der Waals surface area (Å²) >= 11 is 0. The molecule has 0 aliphatic heterocycles. The van der Waals surface area contributed by atoms with Crippen LogP contribution in [0.3, 0.4) is 0 Å². The summed E-state index contributed by atoms with van der Waals surface area (Å²) < 4.78 is 39.8. The van der Waals surface area contributed by atoms with Crippen LogP contribution >= 0.6 is 0 Å². The smallest absolute Gasteiger partial charge is 0.194 e. The Morgan fingerprint density at radius 3 is 1.90 bits per heavy atom. The highest BCUT2D eigenvalue weighted by Crippen LogP contribution is 2.42.